The summed E-state index contributed by atoms with van der Waals surface area (Å²) in [5, 5.41) is 0. The van der Waals surface area contributed by atoms with Crippen LogP contribution in [0.3, 0.4) is 0 Å². The van der Waals surface area contributed by atoms with Gasteiger partial charge in [0, 0.05) is 5.69 Å². The molecule has 1 aromatic carbocycles. The fourth-order valence-corrected chi connectivity index (χ4v) is 1.31. The smallest absolute Gasteiger partial charge is 0.153 e. The molecule has 0 saturated heterocycles. The van der Waals surface area contributed by atoms with Gasteiger partial charge in [0.05, 0.1) is 11.8 Å². The Labute approximate surface area is 93.7 Å². The van der Waals surface area contributed by atoms with Crippen LogP contribution in [-0.4, -0.2) is 11.3 Å². The fourth-order valence-electron chi connectivity index (χ4n) is 1.31. The molecule has 2 aromatic rings. The van der Waals surface area contributed by atoms with E-state index in [1.54, 1.807) is 24.4 Å². The Balaban J connectivity index is 2.26. The third kappa shape index (κ3) is 2.25. The molecule has 0 atom stereocenters. The highest BCUT2D eigenvalue weighted by Crippen LogP contribution is 2.23. The van der Waals surface area contributed by atoms with Gasteiger partial charge in [-0.25, -0.2) is 0 Å². The maximum Gasteiger partial charge on any atom is 0.153 e. The quantitative estimate of drug-likeness (QED) is 0.736. The van der Waals surface area contributed by atoms with Gasteiger partial charge in [0.2, 0.25) is 0 Å². The molecule has 0 radical (unpaired) electrons. The lowest BCUT2D eigenvalue weighted by Gasteiger charge is -2.07. The molecule has 0 saturated carbocycles. The summed E-state index contributed by atoms with van der Waals surface area (Å²) in [4.78, 5) is 14.9. The predicted octanol–water partition coefficient (Wildman–Crippen LogP) is 2.99. The summed E-state index contributed by atoms with van der Waals surface area (Å²) in [6, 6.07) is 10.8. The van der Waals surface area contributed by atoms with E-state index < -0.39 is 0 Å². The number of hydrogen-bond donors (Lipinski definition) is 0. The molecule has 0 amide bonds. The van der Waals surface area contributed by atoms with Crippen LogP contribution in [0.1, 0.15) is 16.1 Å². The van der Waals surface area contributed by atoms with E-state index in [-0.39, 0.29) is 0 Å². The number of pyridine rings is 1. The minimum atomic E-state index is 0.531. The van der Waals surface area contributed by atoms with E-state index in [9.17, 15) is 4.79 Å². The number of ether oxygens (including phenoxy) is 1. The van der Waals surface area contributed by atoms with E-state index in [4.69, 9.17) is 4.74 Å². The summed E-state index contributed by atoms with van der Waals surface area (Å²) in [5.74, 6) is 1.17. The number of para-hydroxylation sites is 1. The average Bonchev–Trinajstić information content (AvgIpc) is 2.33. The van der Waals surface area contributed by atoms with Crippen LogP contribution in [0.2, 0.25) is 0 Å². The molecule has 3 heteroatoms. The second-order valence-corrected chi connectivity index (χ2v) is 3.39. The van der Waals surface area contributed by atoms with E-state index >= 15 is 0 Å². The highest BCUT2D eigenvalue weighted by atomic mass is 16.5. The van der Waals surface area contributed by atoms with Crippen LogP contribution < -0.4 is 4.74 Å². The number of rotatable bonds is 3. The lowest BCUT2D eigenvalue weighted by molar-refractivity contribution is 0.112. The summed E-state index contributed by atoms with van der Waals surface area (Å²) in [6.45, 7) is 1.91. The van der Waals surface area contributed by atoms with Gasteiger partial charge in [-0.3, -0.25) is 9.78 Å². The topological polar surface area (TPSA) is 39.2 Å². The molecule has 0 N–H and O–H groups in total. The number of aromatic nitrogens is 1. The van der Waals surface area contributed by atoms with Gasteiger partial charge in [-0.2, -0.15) is 0 Å². The third-order valence-electron chi connectivity index (χ3n) is 2.16. The molecule has 80 valence electrons. The van der Waals surface area contributed by atoms with Crippen molar-refractivity contribution in [2.45, 2.75) is 6.92 Å². The van der Waals surface area contributed by atoms with Crippen LogP contribution in [0.4, 0.5) is 0 Å². The van der Waals surface area contributed by atoms with Gasteiger partial charge in [-0.05, 0) is 31.2 Å². The van der Waals surface area contributed by atoms with E-state index in [1.165, 1.54) is 0 Å². The Morgan fingerprint density at radius 3 is 2.69 bits per heavy atom. The van der Waals surface area contributed by atoms with Crippen molar-refractivity contribution < 1.29 is 9.53 Å². The monoisotopic (exact) mass is 213 g/mol. The molecule has 1 aromatic heterocycles. The maximum atomic E-state index is 10.8. The first kappa shape index (κ1) is 10.4. The molecule has 0 aliphatic rings. The molecule has 16 heavy (non-hydrogen) atoms. The number of carbonyl (C=O) groups excluding carboxylic acids is 1. The summed E-state index contributed by atoms with van der Waals surface area (Å²) < 4.78 is 5.56. The number of aldehydes is 1. The van der Waals surface area contributed by atoms with E-state index in [0.717, 1.165) is 12.0 Å². The highest BCUT2D eigenvalue weighted by Gasteiger charge is 2.02. The Hall–Kier alpha value is -2.16. The number of carbonyl (C=O) groups is 1. The fraction of sp³-hybridized carbons (Fsp3) is 0.0769. The van der Waals surface area contributed by atoms with Crippen molar-refractivity contribution in [1.29, 1.82) is 0 Å². The first-order valence-electron chi connectivity index (χ1n) is 4.94. The molecular formula is C13H11NO2. The van der Waals surface area contributed by atoms with Crippen molar-refractivity contribution in [2.75, 3.05) is 0 Å². The molecule has 0 unspecified atom stereocenters. The normalized spacial score (nSPS) is 9.81. The van der Waals surface area contributed by atoms with Crippen LogP contribution >= 0.6 is 0 Å². The number of hydrogen-bond acceptors (Lipinski definition) is 3. The zero-order valence-electron chi connectivity index (χ0n) is 8.88. The van der Waals surface area contributed by atoms with Crippen molar-refractivity contribution in [3.05, 3.63) is 53.9 Å². The van der Waals surface area contributed by atoms with Crippen LogP contribution in [0, 0.1) is 6.92 Å². The number of benzene rings is 1. The first-order chi connectivity index (χ1) is 7.79. The van der Waals surface area contributed by atoms with Crippen molar-refractivity contribution in [3.63, 3.8) is 0 Å². The second kappa shape index (κ2) is 4.57. The summed E-state index contributed by atoms with van der Waals surface area (Å²) in [5.41, 5.74) is 1.46. The van der Waals surface area contributed by atoms with Crippen LogP contribution in [0.5, 0.6) is 11.5 Å². The predicted molar refractivity (Wildman–Crippen MR) is 60.9 cm³/mol. The van der Waals surface area contributed by atoms with Crippen LogP contribution in [0.25, 0.3) is 0 Å². The van der Waals surface area contributed by atoms with Gasteiger partial charge in [0.1, 0.15) is 11.5 Å². The van der Waals surface area contributed by atoms with Crippen molar-refractivity contribution in [2.24, 2.45) is 0 Å². The van der Waals surface area contributed by atoms with Crippen LogP contribution in [0.15, 0.2) is 42.6 Å². The van der Waals surface area contributed by atoms with Crippen molar-refractivity contribution in [3.8, 4) is 11.5 Å². The average molecular weight is 213 g/mol. The Bertz CT molecular complexity index is 492. The van der Waals surface area contributed by atoms with Gasteiger partial charge in [0.15, 0.2) is 6.29 Å². The first-order valence-corrected chi connectivity index (χ1v) is 4.94. The lowest BCUT2D eigenvalue weighted by Crippen LogP contribution is -1.90. The van der Waals surface area contributed by atoms with Gasteiger partial charge >= 0.3 is 0 Å². The Morgan fingerprint density at radius 1 is 1.19 bits per heavy atom. The van der Waals surface area contributed by atoms with E-state index in [2.05, 4.69) is 4.98 Å². The van der Waals surface area contributed by atoms with E-state index in [1.807, 2.05) is 25.1 Å². The summed E-state index contributed by atoms with van der Waals surface area (Å²) in [6.07, 6.45) is 2.41. The lowest BCUT2D eigenvalue weighted by atomic mass is 10.2. The highest BCUT2D eigenvalue weighted by molar-refractivity contribution is 5.79. The largest absolute Gasteiger partial charge is 0.455 e. The molecule has 0 spiro atoms. The van der Waals surface area contributed by atoms with Gasteiger partial charge < -0.3 is 4.74 Å². The molecule has 0 bridgehead atoms. The zero-order valence-corrected chi connectivity index (χ0v) is 8.88. The molecule has 3 nitrogen and oxygen atoms in total. The number of aryl methyl sites for hydroxylation is 1. The molecular weight excluding hydrogens is 202 g/mol. The second-order valence-electron chi connectivity index (χ2n) is 3.39. The SMILES string of the molecule is Cc1ccc(Oc2ccccc2C=O)cn1. The maximum absolute atomic E-state index is 10.8. The minimum absolute atomic E-state index is 0.531. The molecule has 0 fully saturated rings. The van der Waals surface area contributed by atoms with Crippen molar-refractivity contribution in [1.82, 2.24) is 4.98 Å². The standard InChI is InChI=1S/C13H11NO2/c1-10-6-7-12(8-14-10)16-13-5-3-2-4-11(13)9-15/h2-9H,1H3. The summed E-state index contributed by atoms with van der Waals surface area (Å²) >= 11 is 0. The Morgan fingerprint density at radius 2 is 2.00 bits per heavy atom. The van der Waals surface area contributed by atoms with Crippen LogP contribution in [-0.2, 0) is 0 Å². The number of nitrogens with zero attached hydrogens (tertiary/aromatic N) is 1. The van der Waals surface area contributed by atoms with Gasteiger partial charge in [-0.1, -0.05) is 12.1 Å². The minimum Gasteiger partial charge on any atom is -0.455 e. The van der Waals surface area contributed by atoms with Crippen molar-refractivity contribution >= 4 is 6.29 Å². The Kier molecular flexibility index (Phi) is 2.96. The molecule has 1 heterocycles. The molecule has 0 aliphatic carbocycles. The third-order valence-corrected chi connectivity index (χ3v) is 2.16. The zero-order chi connectivity index (χ0) is 11.4. The molecule has 2 rings (SSSR count). The van der Waals surface area contributed by atoms with E-state index in [0.29, 0.717) is 17.1 Å². The van der Waals surface area contributed by atoms with Gasteiger partial charge in [-0.15, -0.1) is 0 Å². The molecule has 0 aliphatic heterocycles. The summed E-state index contributed by atoms with van der Waals surface area (Å²) in [7, 11) is 0. The van der Waals surface area contributed by atoms with Gasteiger partial charge in [0.25, 0.3) is 0 Å².